The first-order valence-corrected chi connectivity index (χ1v) is 8.03. The maximum atomic E-state index is 12.0. The lowest BCUT2D eigenvalue weighted by Crippen LogP contribution is -2.18. The van der Waals surface area contributed by atoms with Crippen LogP contribution >= 0.6 is 0 Å². The highest BCUT2D eigenvalue weighted by Gasteiger charge is 2.06. The summed E-state index contributed by atoms with van der Waals surface area (Å²) >= 11 is 0. The zero-order chi connectivity index (χ0) is 18.2. The Kier molecular flexibility index (Phi) is 5.76. The van der Waals surface area contributed by atoms with Gasteiger partial charge >= 0.3 is 0 Å². The number of aryl methyl sites for hydroxylation is 1. The highest BCUT2D eigenvalue weighted by Crippen LogP contribution is 2.10. The van der Waals surface area contributed by atoms with Gasteiger partial charge in [-0.2, -0.15) is 4.98 Å². The third-order valence-corrected chi connectivity index (χ3v) is 3.30. The fourth-order valence-electron chi connectivity index (χ4n) is 2.17. The second-order valence-electron chi connectivity index (χ2n) is 5.47. The lowest BCUT2D eigenvalue weighted by molar-refractivity contribution is -0.121. The smallest absolute Gasteiger partial charge is 0.252 e. The third kappa shape index (κ3) is 5.30. The highest BCUT2D eigenvalue weighted by atomic mass is 16.5. The SMILES string of the molecule is Cc1noc(COCC(=O)Nc2cccc(C#Cc3ccccc3)c2)n1. The molecule has 0 aliphatic rings. The number of hydrogen-bond acceptors (Lipinski definition) is 5. The molecule has 0 atom stereocenters. The van der Waals surface area contributed by atoms with Crippen LogP contribution in [0.5, 0.6) is 0 Å². The standard InChI is InChI=1S/C20H17N3O3/c1-15-21-20(26-23-15)14-25-13-19(24)22-18-9-5-8-17(12-18)11-10-16-6-3-2-4-7-16/h2-9,12H,13-14H2,1H3,(H,22,24). The number of nitrogens with zero attached hydrogens (tertiary/aromatic N) is 2. The van der Waals surface area contributed by atoms with Crippen molar-refractivity contribution in [1.82, 2.24) is 10.1 Å². The normalized spacial score (nSPS) is 10.0. The number of rotatable bonds is 5. The van der Waals surface area contributed by atoms with Crippen molar-refractivity contribution in [2.24, 2.45) is 0 Å². The molecule has 1 N–H and O–H groups in total. The third-order valence-electron chi connectivity index (χ3n) is 3.30. The quantitative estimate of drug-likeness (QED) is 0.718. The number of benzene rings is 2. The van der Waals surface area contributed by atoms with Gasteiger partial charge in [0, 0.05) is 16.8 Å². The molecule has 2 aromatic carbocycles. The van der Waals surface area contributed by atoms with Crippen LogP contribution < -0.4 is 5.32 Å². The van der Waals surface area contributed by atoms with Crippen molar-refractivity contribution in [3.8, 4) is 11.8 Å². The van der Waals surface area contributed by atoms with Crippen LogP contribution in [0.25, 0.3) is 0 Å². The molecule has 0 saturated carbocycles. The topological polar surface area (TPSA) is 77.2 Å². The molecular formula is C20H17N3O3. The largest absolute Gasteiger partial charge is 0.362 e. The van der Waals surface area contributed by atoms with Gasteiger partial charge in [0.15, 0.2) is 5.82 Å². The van der Waals surface area contributed by atoms with E-state index in [4.69, 9.17) is 9.26 Å². The molecule has 0 aliphatic heterocycles. The molecular weight excluding hydrogens is 330 g/mol. The molecule has 0 spiro atoms. The van der Waals surface area contributed by atoms with Crippen molar-refractivity contribution in [3.05, 3.63) is 77.4 Å². The number of anilines is 1. The molecule has 6 nitrogen and oxygen atoms in total. The van der Waals surface area contributed by atoms with E-state index in [0.717, 1.165) is 11.1 Å². The van der Waals surface area contributed by atoms with Crippen molar-refractivity contribution >= 4 is 11.6 Å². The number of hydrogen-bond donors (Lipinski definition) is 1. The van der Waals surface area contributed by atoms with Crippen LogP contribution in [0.3, 0.4) is 0 Å². The van der Waals surface area contributed by atoms with E-state index in [1.165, 1.54) is 0 Å². The van der Waals surface area contributed by atoms with Crippen LogP contribution in [-0.4, -0.2) is 22.7 Å². The fraction of sp³-hybridized carbons (Fsp3) is 0.150. The van der Waals surface area contributed by atoms with Gasteiger partial charge in [-0.3, -0.25) is 4.79 Å². The number of carbonyl (C=O) groups excluding carboxylic acids is 1. The molecule has 0 fully saturated rings. The van der Waals surface area contributed by atoms with Crippen LogP contribution in [0.4, 0.5) is 5.69 Å². The van der Waals surface area contributed by atoms with E-state index in [1.54, 1.807) is 13.0 Å². The Balaban J connectivity index is 1.53. The summed E-state index contributed by atoms with van der Waals surface area (Å²) in [5.74, 6) is 6.77. The number of nitrogens with one attached hydrogen (secondary N) is 1. The monoisotopic (exact) mass is 347 g/mol. The molecule has 3 aromatic rings. The molecule has 0 saturated heterocycles. The molecule has 3 rings (SSSR count). The first-order valence-electron chi connectivity index (χ1n) is 8.03. The molecule has 1 aromatic heterocycles. The van der Waals surface area contributed by atoms with E-state index in [2.05, 4.69) is 27.3 Å². The zero-order valence-electron chi connectivity index (χ0n) is 14.2. The summed E-state index contributed by atoms with van der Waals surface area (Å²) in [5.41, 5.74) is 2.41. The van der Waals surface area contributed by atoms with Crippen molar-refractivity contribution in [1.29, 1.82) is 0 Å². The van der Waals surface area contributed by atoms with Crippen molar-refractivity contribution in [3.63, 3.8) is 0 Å². The van der Waals surface area contributed by atoms with Crippen LogP contribution in [0, 0.1) is 18.8 Å². The Morgan fingerprint density at radius 1 is 1.12 bits per heavy atom. The van der Waals surface area contributed by atoms with Crippen LogP contribution in [-0.2, 0) is 16.1 Å². The minimum Gasteiger partial charge on any atom is -0.362 e. The van der Waals surface area contributed by atoms with E-state index in [9.17, 15) is 4.79 Å². The minimum atomic E-state index is -0.269. The van der Waals surface area contributed by atoms with E-state index in [1.807, 2.05) is 48.5 Å². The van der Waals surface area contributed by atoms with E-state index < -0.39 is 0 Å². The predicted octanol–water partition coefficient (Wildman–Crippen LogP) is 2.93. The number of aromatic nitrogens is 2. The molecule has 1 amide bonds. The summed E-state index contributed by atoms with van der Waals surface area (Å²) in [7, 11) is 0. The summed E-state index contributed by atoms with van der Waals surface area (Å²) in [5, 5.41) is 6.43. The second-order valence-corrected chi connectivity index (χ2v) is 5.47. The Hall–Kier alpha value is -3.43. The Morgan fingerprint density at radius 2 is 1.88 bits per heavy atom. The molecule has 0 aliphatic carbocycles. The van der Waals surface area contributed by atoms with Crippen molar-refractivity contribution in [2.45, 2.75) is 13.5 Å². The molecule has 0 radical (unpaired) electrons. The van der Waals surface area contributed by atoms with Gasteiger partial charge in [0.25, 0.3) is 5.89 Å². The first kappa shape index (κ1) is 17.4. The second kappa shape index (κ2) is 8.60. The molecule has 1 heterocycles. The summed E-state index contributed by atoms with van der Waals surface area (Å²) in [6.45, 7) is 1.70. The molecule has 130 valence electrons. The average molecular weight is 347 g/mol. The van der Waals surface area contributed by atoms with Crippen LogP contribution in [0.1, 0.15) is 22.8 Å². The van der Waals surface area contributed by atoms with Crippen LogP contribution in [0.2, 0.25) is 0 Å². The summed E-state index contributed by atoms with van der Waals surface area (Å²) in [6.07, 6.45) is 0. The summed E-state index contributed by atoms with van der Waals surface area (Å²) in [4.78, 5) is 16.0. The van der Waals surface area contributed by atoms with Gasteiger partial charge in [0.2, 0.25) is 5.91 Å². The number of ether oxygens (including phenoxy) is 1. The van der Waals surface area contributed by atoms with Gasteiger partial charge in [0.05, 0.1) is 0 Å². The number of amides is 1. The maximum Gasteiger partial charge on any atom is 0.252 e. The highest BCUT2D eigenvalue weighted by molar-refractivity contribution is 5.91. The maximum absolute atomic E-state index is 12.0. The van der Waals surface area contributed by atoms with Gasteiger partial charge in [0.1, 0.15) is 13.2 Å². The van der Waals surface area contributed by atoms with E-state index in [0.29, 0.717) is 17.4 Å². The Labute approximate surface area is 151 Å². The lowest BCUT2D eigenvalue weighted by atomic mass is 10.1. The van der Waals surface area contributed by atoms with Crippen molar-refractivity contribution < 1.29 is 14.1 Å². The molecule has 26 heavy (non-hydrogen) atoms. The van der Waals surface area contributed by atoms with Gasteiger partial charge in [-0.25, -0.2) is 0 Å². The summed E-state index contributed by atoms with van der Waals surface area (Å²) < 4.78 is 10.2. The Bertz CT molecular complexity index is 939. The van der Waals surface area contributed by atoms with Gasteiger partial charge in [-0.15, -0.1) is 0 Å². The van der Waals surface area contributed by atoms with Gasteiger partial charge < -0.3 is 14.6 Å². The minimum absolute atomic E-state index is 0.0941. The molecule has 0 unspecified atom stereocenters. The number of carbonyl (C=O) groups is 1. The van der Waals surface area contributed by atoms with E-state index in [-0.39, 0.29) is 19.1 Å². The van der Waals surface area contributed by atoms with Gasteiger partial charge in [-0.1, -0.05) is 41.3 Å². The summed E-state index contributed by atoms with van der Waals surface area (Å²) in [6, 6.07) is 17.1. The van der Waals surface area contributed by atoms with Gasteiger partial charge in [-0.05, 0) is 37.3 Å². The average Bonchev–Trinajstić information content (AvgIpc) is 3.06. The lowest BCUT2D eigenvalue weighted by Gasteiger charge is -2.05. The van der Waals surface area contributed by atoms with E-state index >= 15 is 0 Å². The Morgan fingerprint density at radius 3 is 2.65 bits per heavy atom. The zero-order valence-corrected chi connectivity index (χ0v) is 14.2. The first-order chi connectivity index (χ1) is 12.7. The van der Waals surface area contributed by atoms with Crippen molar-refractivity contribution in [2.75, 3.05) is 11.9 Å². The fourth-order valence-corrected chi connectivity index (χ4v) is 2.17. The van der Waals surface area contributed by atoms with Crippen LogP contribution in [0.15, 0.2) is 59.1 Å². The predicted molar refractivity (Wildman–Crippen MR) is 96.2 cm³/mol. The molecule has 6 heteroatoms. The molecule has 0 bridgehead atoms.